The number of hydrogen-bond acceptors (Lipinski definition) is 14. The fourth-order valence-corrected chi connectivity index (χ4v) is 11.1. The molecular formula is C60H60Cl3F13N10O10. The van der Waals surface area contributed by atoms with Crippen LogP contribution in [0.3, 0.4) is 0 Å². The summed E-state index contributed by atoms with van der Waals surface area (Å²) in [6.07, 6.45) is -12.9. The molecule has 20 nitrogen and oxygen atoms in total. The number of rotatable bonds is 13. The maximum Gasteiger partial charge on any atom is 0.419 e. The largest absolute Gasteiger partial charge is 0.419 e. The number of aromatic nitrogens is 4. The Kier molecular flexibility index (Phi) is 24.5. The van der Waals surface area contributed by atoms with E-state index < -0.39 is 120 Å². The van der Waals surface area contributed by atoms with Gasteiger partial charge in [-0.1, -0.05) is 34.8 Å². The number of piperidine rings is 3. The number of likely N-dealkylation sites (tertiary alicyclic amines) is 3. The van der Waals surface area contributed by atoms with Crippen LogP contribution >= 0.6 is 34.8 Å². The second-order valence-corrected chi connectivity index (χ2v) is 23.6. The Morgan fingerprint density at radius 3 is 1.19 bits per heavy atom. The number of nitrogens with zero attached hydrogens (tertiary/aromatic N) is 7. The lowest BCUT2D eigenvalue weighted by atomic mass is 9.88. The summed E-state index contributed by atoms with van der Waals surface area (Å²) in [5.41, 5.74) is -10.7. The van der Waals surface area contributed by atoms with E-state index in [1.807, 2.05) is 0 Å². The molecule has 0 bridgehead atoms. The number of amides is 6. The van der Waals surface area contributed by atoms with Crippen LogP contribution in [0.1, 0.15) is 101 Å². The molecule has 96 heavy (non-hydrogen) atoms. The first-order valence-electron chi connectivity index (χ1n) is 28.7. The molecular weight excluding hydrogens is 1370 g/mol. The lowest BCUT2D eigenvalue weighted by Gasteiger charge is -2.36. The molecule has 522 valence electrons. The number of aliphatic hydroxyl groups excluding tert-OH is 6. The van der Waals surface area contributed by atoms with E-state index in [9.17, 15) is 83.8 Å². The Morgan fingerprint density at radius 2 is 0.844 bits per heavy atom. The molecule has 4 aromatic heterocycles. The van der Waals surface area contributed by atoms with Gasteiger partial charge in [0.2, 0.25) is 0 Å². The molecule has 10 N–H and O–H groups in total. The summed E-state index contributed by atoms with van der Waals surface area (Å²) in [5, 5.41) is 73.0. The van der Waals surface area contributed by atoms with Crippen molar-refractivity contribution in [1.82, 2.24) is 34.6 Å². The second kappa shape index (κ2) is 30.9. The molecule has 2 aromatic carbocycles. The van der Waals surface area contributed by atoms with Gasteiger partial charge in [-0.15, -0.1) is 0 Å². The van der Waals surface area contributed by atoms with Gasteiger partial charge in [0.05, 0.1) is 75.3 Å². The molecule has 9 rings (SSSR count). The highest BCUT2D eigenvalue weighted by atomic mass is 35.5. The predicted molar refractivity (Wildman–Crippen MR) is 320 cm³/mol. The topological polar surface area (TPSA) is 290 Å². The smallest absolute Gasteiger partial charge is 0.393 e. The number of nitrogens with one attached hydrogen (secondary N) is 3. The van der Waals surface area contributed by atoms with Crippen LogP contribution in [0.15, 0.2) is 97.6 Å². The molecule has 36 heteroatoms. The van der Waals surface area contributed by atoms with Crippen LogP contribution in [0.2, 0.25) is 15.1 Å². The van der Waals surface area contributed by atoms with Crippen molar-refractivity contribution in [3.63, 3.8) is 0 Å². The molecule has 3 aliphatic rings. The first kappa shape index (κ1) is 75.9. The van der Waals surface area contributed by atoms with Crippen molar-refractivity contribution in [2.75, 3.05) is 81.6 Å². The number of benzene rings is 2. The average Bonchev–Trinajstić information content (AvgIpc) is 0.799. The van der Waals surface area contributed by atoms with Crippen LogP contribution in [0, 0.1) is 5.82 Å². The van der Waals surface area contributed by atoms with Crippen LogP contribution in [-0.4, -0.2) is 154 Å². The molecule has 3 fully saturated rings. The summed E-state index contributed by atoms with van der Waals surface area (Å²) in [5.74, 6) is -1.58. The zero-order valence-corrected chi connectivity index (χ0v) is 52.0. The molecule has 0 spiro atoms. The third kappa shape index (κ3) is 18.6. The van der Waals surface area contributed by atoms with Gasteiger partial charge in [-0.05, 0) is 72.8 Å². The number of carbonyl (C=O) groups excluding carboxylic acids is 3. The number of aliphatic hydroxyl groups is 7. The van der Waals surface area contributed by atoms with Gasteiger partial charge in [0.25, 0.3) is 0 Å². The van der Waals surface area contributed by atoms with E-state index in [0.29, 0.717) is 18.3 Å². The molecule has 0 saturated carbocycles. The average molecular weight is 1430 g/mol. The number of carbonyl (C=O) groups is 3. The first-order chi connectivity index (χ1) is 44.9. The highest BCUT2D eigenvalue weighted by Crippen LogP contribution is 2.44. The van der Waals surface area contributed by atoms with Crippen LogP contribution in [-0.2, 0) is 41.1 Å². The van der Waals surface area contributed by atoms with E-state index in [-0.39, 0.29) is 144 Å². The van der Waals surface area contributed by atoms with Gasteiger partial charge in [-0.25, -0.2) is 36.9 Å². The standard InChI is InChI=1S/C21H22ClF4N3O4.C20H19ClF5N3O3.C19H19ClF4N4O3/c22-16-9-14(20(33,11-30)12-31)10-27-17(16)19(23)5-7-29(8-6-19)18(32)28-15-3-1-13(2-4-15)21(24,25)26;21-14-7-11(16(31)10-30)9-27-17(14)19(23)3-5-29(6-4-19)18(32)28-12-1-2-13(15(22)8-12)20(24,25)26;20-13-7-11(14(30)10-29)8-26-16(13)18(21)3-5-28(6-4-18)17(31)27-15-2-1-12(9-25-15)19(22,23)24/h1-4,9-10,30-31,33H,5-8,11-12H2,(H,28,32);1-2,7-9,16,30-31H,3-6,10H2,(H,28,32);1-2,7-9,14,29-30H,3-6,10H2,(H,25,27,31)/t;16-;14-/m.11/s1. The lowest BCUT2D eigenvalue weighted by molar-refractivity contribution is -0.140. The van der Waals surface area contributed by atoms with E-state index in [0.717, 1.165) is 48.7 Å². The SMILES string of the molecule is O=C(Nc1ccc(C(F)(F)F)c(F)c1)N1CCC(F)(c2ncc([C@H](O)CO)cc2Cl)CC1.O=C(Nc1ccc(C(F)(F)F)cc1)N1CCC(F)(c2ncc(C(O)(CO)CO)cc2Cl)CC1.O=C(Nc1ccc(C(F)(F)F)cn1)N1CCC(F)(c2ncc([C@H](O)CO)cc2Cl)CC1. The van der Waals surface area contributed by atoms with E-state index >= 15 is 13.2 Å². The van der Waals surface area contributed by atoms with Crippen LogP contribution < -0.4 is 16.0 Å². The van der Waals surface area contributed by atoms with Crippen LogP contribution in [0.5, 0.6) is 0 Å². The Morgan fingerprint density at radius 1 is 0.479 bits per heavy atom. The maximum absolute atomic E-state index is 15.6. The molecule has 0 radical (unpaired) electrons. The normalized spacial score (nSPS) is 17.0. The van der Waals surface area contributed by atoms with E-state index in [1.165, 1.54) is 45.3 Å². The van der Waals surface area contributed by atoms with Crippen molar-refractivity contribution >= 4 is 70.1 Å². The number of hydrogen-bond donors (Lipinski definition) is 10. The highest BCUT2D eigenvalue weighted by molar-refractivity contribution is 6.32. The minimum atomic E-state index is -4.85. The van der Waals surface area contributed by atoms with Crippen molar-refractivity contribution in [3.05, 3.63) is 169 Å². The molecule has 2 atom stereocenters. The van der Waals surface area contributed by atoms with Gasteiger partial charge in [0.1, 0.15) is 29.4 Å². The van der Waals surface area contributed by atoms with E-state index in [4.69, 9.17) is 45.0 Å². The highest BCUT2D eigenvalue weighted by Gasteiger charge is 2.45. The summed E-state index contributed by atoms with van der Waals surface area (Å²) >= 11 is 18.4. The summed E-state index contributed by atoms with van der Waals surface area (Å²) in [6, 6.07) is 9.79. The maximum atomic E-state index is 15.6. The monoisotopic (exact) mass is 1430 g/mol. The Bertz CT molecular complexity index is 3670. The van der Waals surface area contributed by atoms with Gasteiger partial charge < -0.3 is 61.1 Å². The fourth-order valence-electron chi connectivity index (χ4n) is 10.1. The Hall–Kier alpha value is -7.47. The fraction of sp³-hybridized carbons (Fsp3) is 0.417. The number of urea groups is 3. The molecule has 7 heterocycles. The zero-order valence-electron chi connectivity index (χ0n) is 49.7. The molecule has 3 saturated heterocycles. The van der Waals surface area contributed by atoms with Crippen molar-refractivity contribution in [2.24, 2.45) is 0 Å². The second-order valence-electron chi connectivity index (χ2n) is 22.3. The summed E-state index contributed by atoms with van der Waals surface area (Å²) in [7, 11) is 0. The van der Waals surface area contributed by atoms with Crippen molar-refractivity contribution in [3.8, 4) is 0 Å². The number of pyridine rings is 4. The summed E-state index contributed by atoms with van der Waals surface area (Å²) in [4.78, 5) is 56.6. The third-order valence-electron chi connectivity index (χ3n) is 15.9. The minimum Gasteiger partial charge on any atom is -0.393 e. The van der Waals surface area contributed by atoms with Gasteiger partial charge in [0, 0.05) is 131 Å². The lowest BCUT2D eigenvalue weighted by Crippen LogP contribution is -2.45. The van der Waals surface area contributed by atoms with E-state index in [2.05, 4.69) is 35.9 Å². The van der Waals surface area contributed by atoms with E-state index in [1.54, 1.807) is 0 Å². The van der Waals surface area contributed by atoms with Crippen LogP contribution in [0.25, 0.3) is 0 Å². The molecule has 0 aliphatic carbocycles. The third-order valence-corrected chi connectivity index (χ3v) is 16.7. The predicted octanol–water partition coefficient (Wildman–Crippen LogP) is 11.5. The van der Waals surface area contributed by atoms with Gasteiger partial charge in [-0.2, -0.15) is 39.5 Å². The summed E-state index contributed by atoms with van der Waals surface area (Å²) < 4.78 is 174. The quantitative estimate of drug-likeness (QED) is 0.0481. The molecule has 0 unspecified atom stereocenters. The van der Waals surface area contributed by atoms with Crippen molar-refractivity contribution in [2.45, 2.75) is 91.9 Å². The van der Waals surface area contributed by atoms with Crippen molar-refractivity contribution in [1.29, 1.82) is 0 Å². The Balaban J connectivity index is 0.000000203. The zero-order chi connectivity index (χ0) is 70.9. The Labute approximate surface area is 552 Å². The number of halogens is 16. The van der Waals surface area contributed by atoms with Gasteiger partial charge in [0.15, 0.2) is 17.0 Å². The molecule has 6 amide bonds. The summed E-state index contributed by atoms with van der Waals surface area (Å²) in [6.45, 7) is -2.73. The first-order valence-corrected chi connectivity index (χ1v) is 29.8. The van der Waals surface area contributed by atoms with Crippen molar-refractivity contribution < 1.29 is 107 Å². The number of anilines is 3. The number of alkyl halides is 12. The van der Waals surface area contributed by atoms with Gasteiger partial charge >= 0.3 is 36.6 Å². The van der Waals surface area contributed by atoms with Crippen LogP contribution in [0.4, 0.5) is 88.7 Å². The minimum absolute atomic E-state index is 0.0000537. The molecule has 3 aliphatic heterocycles. The van der Waals surface area contributed by atoms with Gasteiger partial charge in [-0.3, -0.25) is 20.3 Å². The molecule has 6 aromatic rings.